The second-order valence-electron chi connectivity index (χ2n) is 5.41. The highest BCUT2D eigenvalue weighted by Crippen LogP contribution is 2.33. The summed E-state index contributed by atoms with van der Waals surface area (Å²) in [4.78, 5) is 6.97. The molecule has 0 aliphatic carbocycles. The van der Waals surface area contributed by atoms with Gasteiger partial charge in [-0.05, 0) is 18.2 Å². The van der Waals surface area contributed by atoms with Gasteiger partial charge in [-0.15, -0.1) is 0 Å². The van der Waals surface area contributed by atoms with Crippen molar-refractivity contribution in [3.63, 3.8) is 0 Å². The van der Waals surface area contributed by atoms with Crippen LogP contribution in [0.2, 0.25) is 0 Å². The summed E-state index contributed by atoms with van der Waals surface area (Å²) in [7, 11) is 1.49. The molecule has 0 aliphatic heterocycles. The van der Waals surface area contributed by atoms with Gasteiger partial charge in [-0.25, -0.2) is 4.98 Å². The number of alkyl halides is 3. The number of hydrogen-bond acceptors (Lipinski definition) is 3. The maximum atomic E-state index is 12.8. The number of para-hydroxylation sites is 1. The Balaban J connectivity index is 1.93. The summed E-state index contributed by atoms with van der Waals surface area (Å²) in [6, 6.07) is 11.8. The van der Waals surface area contributed by atoms with E-state index in [1.165, 1.54) is 19.4 Å². The van der Waals surface area contributed by atoms with E-state index >= 15 is 0 Å². The molecule has 3 rings (SSSR count). The third-order valence-corrected chi connectivity index (χ3v) is 3.79. The monoisotopic (exact) mass is 348 g/mol. The number of aliphatic hydroxyl groups excluding tert-OH is 1. The maximum Gasteiger partial charge on any atom is 0.416 e. The minimum absolute atomic E-state index is 0.219. The fourth-order valence-electron chi connectivity index (χ4n) is 2.52. The quantitative estimate of drug-likeness (QED) is 0.743. The van der Waals surface area contributed by atoms with Crippen LogP contribution in [0.1, 0.15) is 23.1 Å². The molecule has 1 aromatic heterocycles. The molecule has 25 heavy (non-hydrogen) atoms. The molecule has 130 valence electrons. The van der Waals surface area contributed by atoms with Crippen molar-refractivity contribution in [2.45, 2.75) is 12.3 Å². The molecule has 3 aromatic rings. The van der Waals surface area contributed by atoms with Gasteiger partial charge in [0, 0.05) is 11.1 Å². The fourth-order valence-corrected chi connectivity index (χ4v) is 2.52. The molecule has 7 heteroatoms. The van der Waals surface area contributed by atoms with E-state index in [0.717, 1.165) is 12.1 Å². The Bertz CT molecular complexity index is 875. The fraction of sp³-hybridized carbons (Fsp3) is 0.167. The minimum Gasteiger partial charge on any atom is -0.496 e. The molecule has 1 heterocycles. The highest BCUT2D eigenvalue weighted by Gasteiger charge is 2.30. The number of aromatic nitrogens is 2. The molecule has 2 N–H and O–H groups in total. The van der Waals surface area contributed by atoms with Crippen LogP contribution < -0.4 is 4.74 Å². The summed E-state index contributed by atoms with van der Waals surface area (Å²) in [5.74, 6) is 0.712. The zero-order chi connectivity index (χ0) is 18.0. The molecule has 0 amide bonds. The van der Waals surface area contributed by atoms with Crippen LogP contribution in [0, 0.1) is 0 Å². The van der Waals surface area contributed by atoms with Gasteiger partial charge in [0.1, 0.15) is 17.7 Å². The summed E-state index contributed by atoms with van der Waals surface area (Å²) in [5, 5.41) is 10.5. The molecular formula is C18H15F3N2O2. The van der Waals surface area contributed by atoms with E-state index in [-0.39, 0.29) is 5.82 Å². The second kappa shape index (κ2) is 6.60. The van der Waals surface area contributed by atoms with Crippen molar-refractivity contribution < 1.29 is 23.0 Å². The van der Waals surface area contributed by atoms with Crippen molar-refractivity contribution in [2.24, 2.45) is 0 Å². The van der Waals surface area contributed by atoms with Gasteiger partial charge in [0.25, 0.3) is 0 Å². The number of rotatable bonds is 4. The van der Waals surface area contributed by atoms with Crippen molar-refractivity contribution in [3.05, 3.63) is 71.7 Å². The van der Waals surface area contributed by atoms with Crippen LogP contribution in [-0.4, -0.2) is 22.2 Å². The lowest BCUT2D eigenvalue weighted by atomic mass is 10.1. The van der Waals surface area contributed by atoms with Gasteiger partial charge in [-0.2, -0.15) is 13.2 Å². The molecule has 4 nitrogen and oxygen atoms in total. The number of hydrogen-bond donors (Lipinski definition) is 2. The Kier molecular flexibility index (Phi) is 4.50. The molecule has 1 unspecified atom stereocenters. The van der Waals surface area contributed by atoms with E-state index in [1.54, 1.807) is 30.3 Å². The normalized spacial score (nSPS) is 12.8. The maximum absolute atomic E-state index is 12.8. The van der Waals surface area contributed by atoms with Gasteiger partial charge >= 0.3 is 6.18 Å². The molecule has 0 bridgehead atoms. The second-order valence-corrected chi connectivity index (χ2v) is 5.41. The van der Waals surface area contributed by atoms with Crippen LogP contribution >= 0.6 is 0 Å². The number of methoxy groups -OCH3 is 1. The van der Waals surface area contributed by atoms with Gasteiger partial charge in [0.05, 0.1) is 24.6 Å². The first-order valence-corrected chi connectivity index (χ1v) is 7.43. The lowest BCUT2D eigenvalue weighted by Crippen LogP contribution is -2.05. The molecule has 0 fully saturated rings. The Morgan fingerprint density at radius 3 is 2.60 bits per heavy atom. The van der Waals surface area contributed by atoms with Crippen LogP contribution in [0.5, 0.6) is 5.75 Å². The summed E-state index contributed by atoms with van der Waals surface area (Å²) in [5.41, 5.74) is 0.484. The van der Waals surface area contributed by atoms with Gasteiger partial charge < -0.3 is 14.8 Å². The van der Waals surface area contributed by atoms with Crippen molar-refractivity contribution in [3.8, 4) is 17.0 Å². The molecule has 0 spiro atoms. The van der Waals surface area contributed by atoms with Gasteiger partial charge in [0.15, 0.2) is 0 Å². The predicted octanol–water partition coefficient (Wildman–Crippen LogP) is 4.19. The Labute approximate surface area is 141 Å². The van der Waals surface area contributed by atoms with Crippen LogP contribution in [0.4, 0.5) is 13.2 Å². The van der Waals surface area contributed by atoms with E-state index in [1.807, 2.05) is 0 Å². The Morgan fingerprint density at radius 2 is 1.88 bits per heavy atom. The standard InChI is InChI=1S/C18H15F3N2O2/c1-25-15-8-3-2-7-13(15)16(24)17-22-10-14(23-17)11-5-4-6-12(9-11)18(19,20)21/h2-10,16,24H,1H3,(H,22,23). The number of aromatic amines is 1. The van der Waals surface area contributed by atoms with Crippen LogP contribution in [0.25, 0.3) is 11.3 Å². The van der Waals surface area contributed by atoms with Crippen LogP contribution in [0.15, 0.2) is 54.7 Å². The van der Waals surface area contributed by atoms with Gasteiger partial charge in [-0.3, -0.25) is 0 Å². The van der Waals surface area contributed by atoms with E-state index in [0.29, 0.717) is 22.6 Å². The van der Waals surface area contributed by atoms with Crippen molar-refractivity contribution >= 4 is 0 Å². The molecule has 2 aromatic carbocycles. The zero-order valence-corrected chi connectivity index (χ0v) is 13.2. The van der Waals surface area contributed by atoms with Crippen LogP contribution in [0.3, 0.4) is 0 Å². The lowest BCUT2D eigenvalue weighted by Gasteiger charge is -2.12. The third kappa shape index (κ3) is 3.51. The number of halogens is 3. The van der Waals surface area contributed by atoms with E-state index < -0.39 is 17.8 Å². The molecule has 1 atom stereocenters. The number of nitrogens with one attached hydrogen (secondary N) is 1. The zero-order valence-electron chi connectivity index (χ0n) is 13.2. The van der Waals surface area contributed by atoms with Crippen molar-refractivity contribution in [1.82, 2.24) is 9.97 Å². The van der Waals surface area contributed by atoms with E-state index in [2.05, 4.69) is 9.97 Å². The number of aliphatic hydroxyl groups is 1. The highest BCUT2D eigenvalue weighted by molar-refractivity contribution is 5.60. The average Bonchev–Trinajstić information content (AvgIpc) is 3.10. The van der Waals surface area contributed by atoms with Gasteiger partial charge in [0.2, 0.25) is 0 Å². The summed E-state index contributed by atoms with van der Waals surface area (Å²) in [6.07, 6.45) is -4.12. The highest BCUT2D eigenvalue weighted by atomic mass is 19.4. The summed E-state index contributed by atoms with van der Waals surface area (Å²) < 4.78 is 43.7. The molecule has 0 saturated heterocycles. The van der Waals surface area contributed by atoms with Crippen molar-refractivity contribution in [1.29, 1.82) is 0 Å². The minimum atomic E-state index is -4.42. The molecule has 0 radical (unpaired) electrons. The first-order chi connectivity index (χ1) is 11.9. The SMILES string of the molecule is COc1ccccc1C(O)c1ncc(-c2cccc(C(F)(F)F)c2)[nH]1. The number of ether oxygens (including phenoxy) is 1. The number of H-pyrrole nitrogens is 1. The number of nitrogens with zero attached hydrogens (tertiary/aromatic N) is 1. The largest absolute Gasteiger partial charge is 0.496 e. The molecule has 0 aliphatic rings. The van der Waals surface area contributed by atoms with E-state index in [9.17, 15) is 18.3 Å². The predicted molar refractivity (Wildman–Crippen MR) is 86.1 cm³/mol. The van der Waals surface area contributed by atoms with E-state index in [4.69, 9.17) is 4.74 Å². The smallest absolute Gasteiger partial charge is 0.416 e. The van der Waals surface area contributed by atoms with Crippen molar-refractivity contribution in [2.75, 3.05) is 7.11 Å². The first-order valence-electron chi connectivity index (χ1n) is 7.43. The number of imidazole rings is 1. The topological polar surface area (TPSA) is 58.1 Å². The Hall–Kier alpha value is -2.80. The van der Waals surface area contributed by atoms with Gasteiger partial charge in [-0.1, -0.05) is 30.3 Å². The molecule has 0 saturated carbocycles. The summed E-state index contributed by atoms with van der Waals surface area (Å²) >= 11 is 0. The third-order valence-electron chi connectivity index (χ3n) is 3.79. The van der Waals surface area contributed by atoms with Crippen LogP contribution in [-0.2, 0) is 6.18 Å². The average molecular weight is 348 g/mol. The first kappa shape index (κ1) is 17.0. The molecular weight excluding hydrogens is 333 g/mol. The number of benzene rings is 2. The lowest BCUT2D eigenvalue weighted by molar-refractivity contribution is -0.137. The summed E-state index contributed by atoms with van der Waals surface area (Å²) in [6.45, 7) is 0. The Morgan fingerprint density at radius 1 is 1.12 bits per heavy atom.